The van der Waals surface area contributed by atoms with Crippen molar-refractivity contribution in [3.63, 3.8) is 0 Å². The van der Waals surface area contributed by atoms with Gasteiger partial charge >= 0.3 is 0 Å². The van der Waals surface area contributed by atoms with Gasteiger partial charge in [-0.25, -0.2) is 0 Å². The van der Waals surface area contributed by atoms with E-state index >= 15 is 0 Å². The first-order chi connectivity index (χ1) is 16.9. The Morgan fingerprint density at radius 2 is 1.56 bits per heavy atom. The zero-order chi connectivity index (χ0) is 24.3. The van der Waals surface area contributed by atoms with Crippen LogP contribution in [0.1, 0.15) is 56.2 Å². The zero-order valence-corrected chi connectivity index (χ0v) is 23.6. The predicted octanol–water partition coefficient (Wildman–Crippen LogP) is 8.94. The molecule has 0 atom stereocenters. The smallest absolute Gasteiger partial charge is 0.120 e. The summed E-state index contributed by atoms with van der Waals surface area (Å²) in [6.07, 6.45) is 0. The van der Waals surface area contributed by atoms with Crippen molar-refractivity contribution in [1.82, 2.24) is 9.55 Å². The van der Waals surface area contributed by atoms with Gasteiger partial charge < -0.3 is 8.98 Å². The number of furan rings is 1. The molecule has 36 heavy (non-hydrogen) atoms. The van der Waals surface area contributed by atoms with Crippen molar-refractivity contribution in [2.24, 2.45) is 0 Å². The summed E-state index contributed by atoms with van der Waals surface area (Å²) in [6.45, 7) is 11.2. The molecule has 1 radical (unpaired) electrons. The molecule has 4 heteroatoms. The number of hydrogen-bond donors (Lipinski definition) is 0. The number of nitrogens with zero attached hydrogens (tertiary/aromatic N) is 2. The SMILES string of the molecule is Cc1ccc2nc(-c3[c-]ccc4c3oc3ccccc34)n(-c3c(C(C)C)cccc3C(C)C)c2c1.[Ir]. The summed E-state index contributed by atoms with van der Waals surface area (Å²) < 4.78 is 8.77. The summed E-state index contributed by atoms with van der Waals surface area (Å²) in [5.41, 5.74) is 9.75. The summed E-state index contributed by atoms with van der Waals surface area (Å²) in [6, 6.07) is 29.0. The van der Waals surface area contributed by atoms with E-state index in [0.29, 0.717) is 11.8 Å². The van der Waals surface area contributed by atoms with Gasteiger partial charge in [-0.1, -0.05) is 81.1 Å². The average molecular weight is 650 g/mol. The van der Waals surface area contributed by atoms with Crippen molar-refractivity contribution < 1.29 is 24.5 Å². The minimum absolute atomic E-state index is 0. The van der Waals surface area contributed by atoms with Crippen LogP contribution in [-0.2, 0) is 20.1 Å². The van der Waals surface area contributed by atoms with E-state index in [9.17, 15) is 0 Å². The van der Waals surface area contributed by atoms with Crippen molar-refractivity contribution in [3.8, 4) is 17.1 Å². The molecule has 0 N–H and O–H groups in total. The Labute approximate surface area is 225 Å². The number of aryl methyl sites for hydroxylation is 1. The van der Waals surface area contributed by atoms with Gasteiger partial charge in [0.25, 0.3) is 0 Å². The number of para-hydroxylation sites is 2. The second-order valence-electron chi connectivity index (χ2n) is 10.1. The van der Waals surface area contributed by atoms with Gasteiger partial charge in [0.1, 0.15) is 5.58 Å². The van der Waals surface area contributed by atoms with E-state index in [1.165, 1.54) is 22.4 Å². The van der Waals surface area contributed by atoms with Crippen molar-refractivity contribution in [3.05, 3.63) is 95.6 Å². The Morgan fingerprint density at radius 1 is 0.833 bits per heavy atom. The fourth-order valence-corrected chi connectivity index (χ4v) is 5.21. The Hall–Kier alpha value is -3.20. The van der Waals surface area contributed by atoms with Crippen LogP contribution in [0.2, 0.25) is 0 Å². The standard InChI is InChI=1S/C32H29N2O.Ir/c1-19(2)22-11-8-12-23(20(3)4)30(22)34-28-18-21(5)16-17-27(28)33-32(34)26-14-9-13-25-24-10-6-7-15-29(24)35-31(25)26;/h6-13,15-20H,1-5H3;/q-1;. The molecule has 0 unspecified atom stereocenters. The molecule has 6 aromatic rings. The summed E-state index contributed by atoms with van der Waals surface area (Å²) in [7, 11) is 0. The van der Waals surface area contributed by atoms with E-state index in [4.69, 9.17) is 9.40 Å². The molecule has 0 aliphatic heterocycles. The normalized spacial score (nSPS) is 11.8. The van der Waals surface area contributed by atoms with Crippen LogP contribution in [0.5, 0.6) is 0 Å². The minimum atomic E-state index is 0. The number of imidazole rings is 1. The second kappa shape index (κ2) is 9.35. The molecular weight excluding hydrogens is 621 g/mol. The van der Waals surface area contributed by atoms with Gasteiger partial charge in [0.15, 0.2) is 0 Å². The molecule has 183 valence electrons. The van der Waals surface area contributed by atoms with E-state index < -0.39 is 0 Å². The molecule has 6 rings (SSSR count). The van der Waals surface area contributed by atoms with Gasteiger partial charge in [0.05, 0.1) is 22.4 Å². The molecular formula is C32H29IrN2O-. The molecule has 0 aliphatic rings. The van der Waals surface area contributed by atoms with Crippen LogP contribution in [0.25, 0.3) is 50.0 Å². The van der Waals surface area contributed by atoms with Crippen LogP contribution in [0.3, 0.4) is 0 Å². The number of benzene rings is 4. The summed E-state index contributed by atoms with van der Waals surface area (Å²) in [5, 5.41) is 2.20. The van der Waals surface area contributed by atoms with Crippen LogP contribution in [0.4, 0.5) is 0 Å². The van der Waals surface area contributed by atoms with Crippen molar-refractivity contribution in [2.75, 3.05) is 0 Å². The van der Waals surface area contributed by atoms with Crippen molar-refractivity contribution in [2.45, 2.75) is 46.5 Å². The molecule has 0 aliphatic carbocycles. The van der Waals surface area contributed by atoms with Crippen LogP contribution in [0, 0.1) is 13.0 Å². The summed E-state index contributed by atoms with van der Waals surface area (Å²) in [5.74, 6) is 1.60. The number of hydrogen-bond acceptors (Lipinski definition) is 2. The molecule has 0 bridgehead atoms. The Bertz CT molecular complexity index is 1700. The second-order valence-corrected chi connectivity index (χ2v) is 10.1. The first kappa shape index (κ1) is 24.5. The topological polar surface area (TPSA) is 31.0 Å². The zero-order valence-electron chi connectivity index (χ0n) is 21.2. The van der Waals surface area contributed by atoms with Crippen LogP contribution >= 0.6 is 0 Å². The van der Waals surface area contributed by atoms with E-state index in [0.717, 1.165) is 44.4 Å². The number of rotatable bonds is 4. The summed E-state index contributed by atoms with van der Waals surface area (Å²) >= 11 is 0. The largest absolute Gasteiger partial charge is 0.501 e. The molecule has 0 amide bonds. The first-order valence-corrected chi connectivity index (χ1v) is 12.4. The maximum Gasteiger partial charge on any atom is 0.120 e. The monoisotopic (exact) mass is 650 g/mol. The van der Waals surface area contributed by atoms with Gasteiger partial charge in [0, 0.05) is 31.2 Å². The number of fused-ring (bicyclic) bond motifs is 4. The Kier molecular flexibility index (Phi) is 6.36. The van der Waals surface area contributed by atoms with Crippen molar-refractivity contribution in [1.29, 1.82) is 0 Å². The molecule has 0 saturated heterocycles. The third-order valence-corrected chi connectivity index (χ3v) is 6.94. The maximum absolute atomic E-state index is 6.42. The van der Waals surface area contributed by atoms with Gasteiger partial charge in [-0.05, 0) is 53.6 Å². The molecule has 2 heterocycles. The third kappa shape index (κ3) is 3.80. The molecule has 0 saturated carbocycles. The van der Waals surface area contributed by atoms with Crippen LogP contribution < -0.4 is 0 Å². The van der Waals surface area contributed by atoms with Crippen molar-refractivity contribution >= 4 is 33.0 Å². The quantitative estimate of drug-likeness (QED) is 0.179. The minimum Gasteiger partial charge on any atom is -0.501 e. The number of aromatic nitrogens is 2. The van der Waals surface area contributed by atoms with Gasteiger partial charge in [-0.2, -0.15) is 0 Å². The molecule has 0 fully saturated rings. The molecule has 3 nitrogen and oxygen atoms in total. The van der Waals surface area contributed by atoms with Crippen LogP contribution in [0.15, 0.2) is 77.2 Å². The van der Waals surface area contributed by atoms with Crippen LogP contribution in [-0.4, -0.2) is 9.55 Å². The molecule has 0 spiro atoms. The van der Waals surface area contributed by atoms with E-state index in [2.05, 4.69) is 99.8 Å². The van der Waals surface area contributed by atoms with E-state index in [-0.39, 0.29) is 20.1 Å². The van der Waals surface area contributed by atoms with Gasteiger partial charge in [-0.3, -0.25) is 4.98 Å². The Morgan fingerprint density at radius 3 is 2.28 bits per heavy atom. The maximum atomic E-state index is 6.42. The van der Waals surface area contributed by atoms with E-state index in [1.54, 1.807) is 0 Å². The first-order valence-electron chi connectivity index (χ1n) is 12.4. The molecule has 2 aromatic heterocycles. The fraction of sp³-hybridized carbons (Fsp3) is 0.219. The van der Waals surface area contributed by atoms with Gasteiger partial charge in [0.2, 0.25) is 0 Å². The fourth-order valence-electron chi connectivity index (χ4n) is 5.21. The third-order valence-electron chi connectivity index (χ3n) is 6.94. The average Bonchev–Trinajstić information content (AvgIpc) is 3.41. The Balaban J connectivity index is 0.00000267. The van der Waals surface area contributed by atoms with E-state index in [1.807, 2.05) is 18.2 Å². The summed E-state index contributed by atoms with van der Waals surface area (Å²) in [4.78, 5) is 5.19. The predicted molar refractivity (Wildman–Crippen MR) is 146 cm³/mol. The van der Waals surface area contributed by atoms with Gasteiger partial charge in [-0.15, -0.1) is 18.2 Å². The molecule has 4 aromatic carbocycles.